The molecule has 3 aliphatic rings. The zero-order valence-electron chi connectivity index (χ0n) is 23.3. The third-order valence-electron chi connectivity index (χ3n) is 10.1. The van der Waals surface area contributed by atoms with Crippen molar-refractivity contribution >= 4 is 17.5 Å². The average molecular weight is 535 g/mol. The number of hydrogen-bond acceptors (Lipinski definition) is 4. The molecule has 1 aromatic heterocycles. The monoisotopic (exact) mass is 534 g/mol. The van der Waals surface area contributed by atoms with E-state index in [0.29, 0.717) is 18.4 Å². The molecule has 210 valence electrons. The van der Waals surface area contributed by atoms with Gasteiger partial charge in [0.1, 0.15) is 5.82 Å². The number of aromatic nitrogens is 1. The molecule has 5 rings (SSSR count). The molecule has 0 radical (unpaired) electrons. The number of carbonyl (C=O) groups is 2. The Kier molecular flexibility index (Phi) is 8.08. The number of halogens is 1. The first-order valence-corrected chi connectivity index (χ1v) is 14.7. The van der Waals surface area contributed by atoms with E-state index in [4.69, 9.17) is 5.73 Å². The summed E-state index contributed by atoms with van der Waals surface area (Å²) in [5.41, 5.74) is 7.92. The molecule has 3 saturated carbocycles. The molecule has 0 spiro atoms. The largest absolute Gasteiger partial charge is 0.354 e. The number of nitrogens with two attached hydrogens (primary N) is 1. The van der Waals surface area contributed by atoms with Crippen LogP contribution in [-0.2, 0) is 15.0 Å². The van der Waals surface area contributed by atoms with Crippen LogP contribution in [0.2, 0.25) is 0 Å². The maximum atomic E-state index is 13.6. The topological polar surface area (TPSA) is 97.1 Å². The fourth-order valence-electron chi connectivity index (χ4n) is 8.21. The summed E-state index contributed by atoms with van der Waals surface area (Å²) in [6, 6.07) is 9.77. The third-order valence-corrected chi connectivity index (χ3v) is 10.1. The second-order valence-corrected chi connectivity index (χ2v) is 12.9. The number of benzene rings is 1. The molecule has 39 heavy (non-hydrogen) atoms. The van der Waals surface area contributed by atoms with Gasteiger partial charge in [-0.15, -0.1) is 0 Å². The number of nitrogens with zero attached hydrogens (tertiary/aromatic N) is 1. The van der Waals surface area contributed by atoms with Crippen LogP contribution in [-0.4, -0.2) is 29.4 Å². The van der Waals surface area contributed by atoms with Crippen LogP contribution < -0.4 is 16.4 Å². The Bertz CT molecular complexity index is 1150. The summed E-state index contributed by atoms with van der Waals surface area (Å²) in [6.07, 6.45) is 12.3. The third kappa shape index (κ3) is 5.88. The summed E-state index contributed by atoms with van der Waals surface area (Å²) in [5, 5.41) is 6.32. The smallest absolute Gasteiger partial charge is 0.237 e. The molecule has 1 heterocycles. The first kappa shape index (κ1) is 27.8. The normalized spacial score (nSPS) is 30.7. The lowest BCUT2D eigenvalue weighted by Crippen LogP contribution is -2.56. The molecule has 7 heteroatoms. The highest BCUT2D eigenvalue weighted by Gasteiger charge is 2.51. The summed E-state index contributed by atoms with van der Waals surface area (Å²) in [6.45, 7) is 4.81. The standard InChI is InChI=1S/C32H43FN4O2/c1-21-16-22-17-23(19-31(2,18-22)30(39)37-26-10-14-35-15-11-26)27(21)28(34)29(38)36-20-32(12-4-3-5-13-32)24-6-8-25(33)9-7-24/h6-11,14-15,21-23,27-28H,3-5,12-13,16-20,34H2,1-2H3,(H,36,38)(H,35,37,39). The molecule has 6 atom stereocenters. The van der Waals surface area contributed by atoms with Crippen LogP contribution in [0.15, 0.2) is 48.8 Å². The Labute approximate surface area is 231 Å². The van der Waals surface area contributed by atoms with E-state index in [1.807, 2.05) is 12.1 Å². The molecule has 2 bridgehead atoms. The molecule has 3 aliphatic carbocycles. The van der Waals surface area contributed by atoms with Crippen molar-refractivity contribution in [2.45, 2.75) is 83.1 Å². The van der Waals surface area contributed by atoms with E-state index in [1.54, 1.807) is 24.5 Å². The maximum absolute atomic E-state index is 13.6. The molecular weight excluding hydrogens is 491 g/mol. The number of amides is 2. The molecule has 1 aromatic carbocycles. The van der Waals surface area contributed by atoms with Crippen molar-refractivity contribution in [3.63, 3.8) is 0 Å². The van der Waals surface area contributed by atoms with E-state index < -0.39 is 11.5 Å². The lowest BCUT2D eigenvalue weighted by Gasteiger charge is -2.51. The first-order chi connectivity index (χ1) is 18.7. The van der Waals surface area contributed by atoms with Crippen LogP contribution in [0.25, 0.3) is 0 Å². The molecule has 4 N–H and O–H groups in total. The number of nitrogens with one attached hydrogen (secondary N) is 2. The fraction of sp³-hybridized carbons (Fsp3) is 0.594. The molecule has 2 aromatic rings. The summed E-state index contributed by atoms with van der Waals surface area (Å²) in [7, 11) is 0. The lowest BCUT2D eigenvalue weighted by molar-refractivity contribution is -0.133. The van der Waals surface area contributed by atoms with Gasteiger partial charge in [0.15, 0.2) is 0 Å². The van der Waals surface area contributed by atoms with Gasteiger partial charge in [-0.25, -0.2) is 4.39 Å². The number of rotatable bonds is 7. The highest BCUT2D eigenvalue weighted by Crippen LogP contribution is 2.53. The molecule has 6 nitrogen and oxygen atoms in total. The van der Waals surface area contributed by atoms with Crippen molar-refractivity contribution in [2.24, 2.45) is 34.8 Å². The molecule has 6 unspecified atom stereocenters. The minimum atomic E-state index is -0.620. The van der Waals surface area contributed by atoms with Crippen molar-refractivity contribution in [3.8, 4) is 0 Å². The van der Waals surface area contributed by atoms with E-state index in [1.165, 1.54) is 18.6 Å². The van der Waals surface area contributed by atoms with E-state index in [2.05, 4.69) is 29.5 Å². The lowest BCUT2D eigenvalue weighted by atomic mass is 9.54. The van der Waals surface area contributed by atoms with Gasteiger partial charge in [0.05, 0.1) is 6.04 Å². The highest BCUT2D eigenvalue weighted by molar-refractivity contribution is 5.95. The number of pyridine rings is 1. The fourth-order valence-corrected chi connectivity index (χ4v) is 8.21. The number of hydrogen-bond donors (Lipinski definition) is 3. The van der Waals surface area contributed by atoms with Crippen LogP contribution in [0.4, 0.5) is 10.1 Å². The van der Waals surface area contributed by atoms with E-state index in [9.17, 15) is 14.0 Å². The Hall–Kier alpha value is -2.80. The van der Waals surface area contributed by atoms with Crippen molar-refractivity contribution < 1.29 is 14.0 Å². The molecular formula is C32H43FN4O2. The average Bonchev–Trinajstić information content (AvgIpc) is 2.92. The first-order valence-electron chi connectivity index (χ1n) is 14.7. The van der Waals surface area contributed by atoms with Crippen molar-refractivity contribution in [1.29, 1.82) is 0 Å². The van der Waals surface area contributed by atoms with Gasteiger partial charge in [-0.3, -0.25) is 14.6 Å². The maximum Gasteiger partial charge on any atom is 0.237 e. The van der Waals surface area contributed by atoms with E-state index >= 15 is 0 Å². The minimum absolute atomic E-state index is 0.0303. The quantitative estimate of drug-likeness (QED) is 0.432. The van der Waals surface area contributed by atoms with Crippen molar-refractivity contribution in [3.05, 3.63) is 60.2 Å². The summed E-state index contributed by atoms with van der Waals surface area (Å²) in [4.78, 5) is 31.0. The summed E-state index contributed by atoms with van der Waals surface area (Å²) in [5.74, 6) is 0.726. The van der Waals surface area contributed by atoms with E-state index in [0.717, 1.165) is 62.6 Å². The van der Waals surface area contributed by atoms with Crippen LogP contribution in [0.3, 0.4) is 0 Å². The Morgan fingerprint density at radius 3 is 2.44 bits per heavy atom. The summed E-state index contributed by atoms with van der Waals surface area (Å²) < 4.78 is 13.6. The van der Waals surface area contributed by atoms with Gasteiger partial charge in [0.2, 0.25) is 11.8 Å². The van der Waals surface area contributed by atoms with Gasteiger partial charge < -0.3 is 16.4 Å². The number of fused-ring (bicyclic) bond motifs is 2. The van der Waals surface area contributed by atoms with Gasteiger partial charge in [-0.1, -0.05) is 45.2 Å². The summed E-state index contributed by atoms with van der Waals surface area (Å²) >= 11 is 0. The molecule has 2 amide bonds. The zero-order chi connectivity index (χ0) is 27.6. The van der Waals surface area contributed by atoms with Crippen LogP contribution in [0.1, 0.15) is 77.2 Å². The zero-order valence-corrected chi connectivity index (χ0v) is 23.3. The van der Waals surface area contributed by atoms with Gasteiger partial charge in [0.25, 0.3) is 0 Å². The van der Waals surface area contributed by atoms with Gasteiger partial charge in [0, 0.05) is 35.5 Å². The predicted octanol–water partition coefficient (Wildman–Crippen LogP) is 5.58. The molecule has 0 aliphatic heterocycles. The van der Waals surface area contributed by atoms with Crippen LogP contribution in [0, 0.1) is 34.9 Å². The Balaban J connectivity index is 1.27. The van der Waals surface area contributed by atoms with Crippen LogP contribution in [0.5, 0.6) is 0 Å². The second kappa shape index (κ2) is 11.4. The van der Waals surface area contributed by atoms with Gasteiger partial charge in [-0.2, -0.15) is 0 Å². The number of anilines is 1. The number of carbonyl (C=O) groups excluding carboxylic acids is 2. The minimum Gasteiger partial charge on any atom is -0.354 e. The Morgan fingerprint density at radius 2 is 1.74 bits per heavy atom. The Morgan fingerprint density at radius 1 is 1.05 bits per heavy atom. The van der Waals surface area contributed by atoms with Crippen LogP contribution >= 0.6 is 0 Å². The molecule has 0 saturated heterocycles. The highest BCUT2D eigenvalue weighted by atomic mass is 19.1. The predicted molar refractivity (Wildman–Crippen MR) is 151 cm³/mol. The van der Waals surface area contributed by atoms with Crippen molar-refractivity contribution in [1.82, 2.24) is 10.3 Å². The van der Waals surface area contributed by atoms with E-state index in [-0.39, 0.29) is 34.9 Å². The second-order valence-electron chi connectivity index (χ2n) is 12.9. The molecule has 3 fully saturated rings. The van der Waals surface area contributed by atoms with Crippen molar-refractivity contribution in [2.75, 3.05) is 11.9 Å². The van der Waals surface area contributed by atoms with Gasteiger partial charge >= 0.3 is 0 Å². The van der Waals surface area contributed by atoms with Gasteiger partial charge in [-0.05, 0) is 92.0 Å². The SMILES string of the molecule is CC1CC2CC(CC(C)(C(=O)Nc3ccncc3)C2)C1C(N)C(=O)NCC1(c2ccc(F)cc2)CCCCC1.